The number of para-hydroxylation sites is 1. The number of nitrogens with one attached hydrogen (secondary N) is 1. The van der Waals surface area contributed by atoms with Crippen LogP contribution in [0.25, 0.3) is 21.8 Å². The summed E-state index contributed by atoms with van der Waals surface area (Å²) in [5, 5.41) is 8.78. The third kappa shape index (κ3) is 3.11. The molecule has 28 heavy (non-hydrogen) atoms. The van der Waals surface area contributed by atoms with Crippen LogP contribution in [0.3, 0.4) is 0 Å². The van der Waals surface area contributed by atoms with Gasteiger partial charge in [-0.2, -0.15) is 5.10 Å². The summed E-state index contributed by atoms with van der Waals surface area (Å²) in [6.07, 6.45) is 1.68. The van der Waals surface area contributed by atoms with Crippen LogP contribution in [0.2, 0.25) is 0 Å². The number of aryl methyl sites for hydroxylation is 1. The van der Waals surface area contributed by atoms with Gasteiger partial charge in [-0.3, -0.25) is 9.59 Å². The van der Waals surface area contributed by atoms with Gasteiger partial charge >= 0.3 is 0 Å². The molecular weight excluding hydrogens is 420 g/mol. The van der Waals surface area contributed by atoms with Gasteiger partial charge in [0.2, 0.25) is 5.91 Å². The largest absolute Gasteiger partial charge is 0.350 e. The van der Waals surface area contributed by atoms with Gasteiger partial charge in [-0.25, -0.2) is 4.68 Å². The minimum atomic E-state index is -0.551. The first-order valence-corrected chi connectivity index (χ1v) is 9.74. The molecule has 0 unspecified atom stereocenters. The Balaban J connectivity index is 1.75. The van der Waals surface area contributed by atoms with Gasteiger partial charge < -0.3 is 9.88 Å². The van der Waals surface area contributed by atoms with E-state index >= 15 is 0 Å². The third-order valence-corrected chi connectivity index (χ3v) is 5.42. The molecule has 0 fully saturated rings. The first-order valence-electron chi connectivity index (χ1n) is 8.94. The lowest BCUT2D eigenvalue weighted by Crippen LogP contribution is -2.32. The lowest BCUT2D eigenvalue weighted by molar-refractivity contribution is -0.123. The molecule has 1 amide bonds. The van der Waals surface area contributed by atoms with Crippen molar-refractivity contribution in [3.05, 3.63) is 75.1 Å². The molecule has 1 N–H and O–H groups in total. The van der Waals surface area contributed by atoms with E-state index in [1.165, 1.54) is 4.68 Å². The predicted octanol–water partition coefficient (Wildman–Crippen LogP) is 3.53. The number of aromatic nitrogens is 3. The zero-order valence-electron chi connectivity index (χ0n) is 15.5. The molecule has 2 aromatic carbocycles. The van der Waals surface area contributed by atoms with Gasteiger partial charge in [-0.1, -0.05) is 46.3 Å². The van der Waals surface area contributed by atoms with E-state index in [1.807, 2.05) is 60.0 Å². The minimum absolute atomic E-state index is 0.151. The Bertz CT molecular complexity index is 1260. The van der Waals surface area contributed by atoms with E-state index in [4.69, 9.17) is 0 Å². The number of amides is 1. The Morgan fingerprint density at radius 2 is 1.96 bits per heavy atom. The van der Waals surface area contributed by atoms with E-state index in [9.17, 15) is 9.59 Å². The third-order valence-electron chi connectivity index (χ3n) is 4.93. The van der Waals surface area contributed by atoms with Crippen LogP contribution in [0.5, 0.6) is 0 Å². The van der Waals surface area contributed by atoms with Gasteiger partial charge in [-0.05, 0) is 30.7 Å². The fourth-order valence-electron chi connectivity index (χ4n) is 3.49. The summed E-state index contributed by atoms with van der Waals surface area (Å²) in [6, 6.07) is 14.9. The van der Waals surface area contributed by atoms with Crippen LogP contribution in [0.4, 0.5) is 0 Å². The molecular formula is C21H19BrN4O2. The lowest BCUT2D eigenvalue weighted by atomic mass is 10.2. The van der Waals surface area contributed by atoms with Gasteiger partial charge in [0.25, 0.3) is 5.56 Å². The summed E-state index contributed by atoms with van der Waals surface area (Å²) in [4.78, 5) is 25.7. The Morgan fingerprint density at radius 3 is 2.75 bits per heavy atom. The molecule has 2 heterocycles. The number of carbonyl (C=O) groups is 1. The maximum absolute atomic E-state index is 12.9. The van der Waals surface area contributed by atoms with Crippen LogP contribution in [0, 0.1) is 0 Å². The topological polar surface area (TPSA) is 68.9 Å². The van der Waals surface area contributed by atoms with Gasteiger partial charge in [-0.15, -0.1) is 0 Å². The molecule has 0 aliphatic carbocycles. The van der Waals surface area contributed by atoms with Crippen molar-refractivity contribution in [2.24, 2.45) is 7.05 Å². The summed E-state index contributed by atoms with van der Waals surface area (Å²) in [7, 11) is 1.61. The number of halogens is 1. The van der Waals surface area contributed by atoms with Crippen molar-refractivity contribution in [1.29, 1.82) is 0 Å². The summed E-state index contributed by atoms with van der Waals surface area (Å²) >= 11 is 3.44. The van der Waals surface area contributed by atoms with E-state index in [0.717, 1.165) is 26.3 Å². The second-order valence-corrected chi connectivity index (χ2v) is 7.66. The molecule has 0 aliphatic rings. The summed E-state index contributed by atoms with van der Waals surface area (Å²) < 4.78 is 4.07. The minimum Gasteiger partial charge on any atom is -0.350 e. The smallest absolute Gasteiger partial charge is 0.291 e. The average Bonchev–Trinajstić information content (AvgIpc) is 3.03. The van der Waals surface area contributed by atoms with Gasteiger partial charge in [0.15, 0.2) is 0 Å². The molecule has 0 bridgehead atoms. The van der Waals surface area contributed by atoms with Crippen molar-refractivity contribution in [1.82, 2.24) is 19.7 Å². The summed E-state index contributed by atoms with van der Waals surface area (Å²) in [5.74, 6) is -0.151. The van der Waals surface area contributed by atoms with Gasteiger partial charge in [0.1, 0.15) is 11.6 Å². The number of hydrogen-bond acceptors (Lipinski definition) is 3. The van der Waals surface area contributed by atoms with E-state index in [-0.39, 0.29) is 11.5 Å². The SMILES string of the molecule is C[C@H](C(=O)NCc1cccc(Br)c1)n1c2ccccc2c2cnn(C)c(=O)c21. The zero-order valence-corrected chi connectivity index (χ0v) is 17.1. The lowest BCUT2D eigenvalue weighted by Gasteiger charge is -2.16. The van der Waals surface area contributed by atoms with Gasteiger partial charge in [0.05, 0.1) is 11.7 Å². The molecule has 2 aromatic heterocycles. The fraction of sp³-hybridized carbons (Fsp3) is 0.190. The molecule has 0 aliphatic heterocycles. The molecule has 6 nitrogen and oxygen atoms in total. The summed E-state index contributed by atoms with van der Waals surface area (Å²) in [6.45, 7) is 2.22. The molecule has 0 spiro atoms. The maximum Gasteiger partial charge on any atom is 0.291 e. The highest BCUT2D eigenvalue weighted by Crippen LogP contribution is 2.29. The number of fused-ring (bicyclic) bond motifs is 3. The highest BCUT2D eigenvalue weighted by molar-refractivity contribution is 9.10. The second-order valence-electron chi connectivity index (χ2n) is 6.75. The fourth-order valence-corrected chi connectivity index (χ4v) is 3.94. The van der Waals surface area contributed by atoms with Crippen molar-refractivity contribution < 1.29 is 4.79 Å². The average molecular weight is 439 g/mol. The molecule has 0 saturated heterocycles. The molecule has 4 aromatic rings. The van der Waals surface area contributed by atoms with Crippen LogP contribution in [-0.4, -0.2) is 20.3 Å². The first-order chi connectivity index (χ1) is 13.5. The van der Waals surface area contributed by atoms with Crippen LogP contribution in [-0.2, 0) is 18.4 Å². The van der Waals surface area contributed by atoms with Crippen molar-refractivity contribution in [2.45, 2.75) is 19.5 Å². The Kier molecular flexibility index (Phi) is 4.77. The van der Waals surface area contributed by atoms with E-state index in [1.54, 1.807) is 13.2 Å². The number of nitrogens with zero attached hydrogens (tertiary/aromatic N) is 3. The van der Waals surface area contributed by atoms with Crippen LogP contribution in [0.15, 0.2) is 64.0 Å². The molecule has 0 saturated carbocycles. The molecule has 0 radical (unpaired) electrons. The van der Waals surface area contributed by atoms with Crippen LogP contribution >= 0.6 is 15.9 Å². The zero-order chi connectivity index (χ0) is 19.8. The number of hydrogen-bond donors (Lipinski definition) is 1. The number of carbonyl (C=O) groups excluding carboxylic acids is 1. The summed E-state index contributed by atoms with van der Waals surface area (Å²) in [5.41, 5.74) is 2.11. The molecule has 1 atom stereocenters. The van der Waals surface area contributed by atoms with Crippen LogP contribution < -0.4 is 10.9 Å². The standard InChI is InChI=1S/C21H19BrN4O2/c1-13(20(27)23-11-14-6-5-7-15(22)10-14)26-18-9-4-3-8-16(18)17-12-24-25(2)21(28)19(17)26/h3-10,12-13H,11H2,1-2H3,(H,23,27)/t13-/m1/s1. The maximum atomic E-state index is 12.9. The molecule has 7 heteroatoms. The Labute approximate surface area is 169 Å². The quantitative estimate of drug-likeness (QED) is 0.529. The molecule has 4 rings (SSSR count). The van der Waals surface area contributed by atoms with Crippen molar-refractivity contribution in [3.8, 4) is 0 Å². The Hall–Kier alpha value is -2.93. The van der Waals surface area contributed by atoms with E-state index < -0.39 is 6.04 Å². The normalized spacial score (nSPS) is 12.4. The van der Waals surface area contributed by atoms with Crippen LogP contribution in [0.1, 0.15) is 18.5 Å². The first kappa shape index (κ1) is 18.4. The van der Waals surface area contributed by atoms with Crippen molar-refractivity contribution in [2.75, 3.05) is 0 Å². The van der Waals surface area contributed by atoms with Crippen molar-refractivity contribution >= 4 is 43.6 Å². The van der Waals surface area contributed by atoms with Gasteiger partial charge in [0, 0.05) is 28.8 Å². The predicted molar refractivity (Wildman–Crippen MR) is 113 cm³/mol. The highest BCUT2D eigenvalue weighted by Gasteiger charge is 2.23. The highest BCUT2D eigenvalue weighted by atomic mass is 79.9. The molecule has 142 valence electrons. The monoisotopic (exact) mass is 438 g/mol. The van der Waals surface area contributed by atoms with E-state index in [0.29, 0.717) is 12.1 Å². The van der Waals surface area contributed by atoms with Crippen molar-refractivity contribution in [3.63, 3.8) is 0 Å². The number of rotatable bonds is 4. The van der Waals surface area contributed by atoms with E-state index in [2.05, 4.69) is 26.3 Å². The Morgan fingerprint density at radius 1 is 1.18 bits per heavy atom. The second kappa shape index (κ2) is 7.24. The number of benzene rings is 2.